The highest BCUT2D eigenvalue weighted by molar-refractivity contribution is 5.73. The van der Waals surface area contributed by atoms with E-state index in [1.807, 2.05) is 0 Å². The van der Waals surface area contributed by atoms with E-state index in [2.05, 4.69) is 10.2 Å². The predicted octanol–water partition coefficient (Wildman–Crippen LogP) is 2.03. The minimum atomic E-state index is -0.517. The van der Waals surface area contributed by atoms with Crippen LogP contribution in [0.25, 0.3) is 11.1 Å². The Morgan fingerprint density at radius 1 is 1.37 bits per heavy atom. The van der Waals surface area contributed by atoms with Gasteiger partial charge in [0, 0.05) is 23.4 Å². The summed E-state index contributed by atoms with van der Waals surface area (Å²) in [5, 5.41) is 17.6. The van der Waals surface area contributed by atoms with E-state index in [0.717, 1.165) is 0 Å². The summed E-state index contributed by atoms with van der Waals surface area (Å²) < 4.78 is 10.7. The van der Waals surface area contributed by atoms with Gasteiger partial charge in [0.25, 0.3) is 5.69 Å². The summed E-state index contributed by atoms with van der Waals surface area (Å²) in [6.07, 6.45) is 2.65. The lowest BCUT2D eigenvalue weighted by Gasteiger charge is -2.10. The van der Waals surface area contributed by atoms with Crippen molar-refractivity contribution in [3.63, 3.8) is 0 Å². The number of benzene rings is 1. The average molecular weight is 261 g/mol. The molecule has 0 radical (unpaired) electrons. The van der Waals surface area contributed by atoms with Crippen molar-refractivity contribution in [2.45, 2.75) is 6.29 Å². The van der Waals surface area contributed by atoms with Crippen molar-refractivity contribution in [3.8, 4) is 11.1 Å². The van der Waals surface area contributed by atoms with E-state index in [-0.39, 0.29) is 5.69 Å². The van der Waals surface area contributed by atoms with Crippen LogP contribution in [0.15, 0.2) is 30.6 Å². The molecular weight excluding hydrogens is 250 g/mol. The number of H-pyrrole nitrogens is 1. The van der Waals surface area contributed by atoms with E-state index in [4.69, 9.17) is 9.47 Å². The largest absolute Gasteiger partial charge is 0.346 e. The molecule has 98 valence electrons. The molecule has 1 saturated heterocycles. The van der Waals surface area contributed by atoms with Crippen molar-refractivity contribution in [3.05, 3.63) is 46.3 Å². The SMILES string of the molecule is O=[N+]([O-])c1cc(C2OCCO2)ccc1-c1cn[nH]c1. The molecule has 0 amide bonds. The molecule has 3 rings (SSSR count). The van der Waals surface area contributed by atoms with Gasteiger partial charge in [-0.25, -0.2) is 0 Å². The Bertz CT molecular complexity index is 591. The molecule has 19 heavy (non-hydrogen) atoms. The monoisotopic (exact) mass is 261 g/mol. The maximum atomic E-state index is 11.2. The zero-order valence-corrected chi connectivity index (χ0v) is 9.91. The second-order valence-corrected chi connectivity index (χ2v) is 4.09. The van der Waals surface area contributed by atoms with Crippen LogP contribution < -0.4 is 0 Å². The van der Waals surface area contributed by atoms with E-state index in [1.54, 1.807) is 24.5 Å². The summed E-state index contributed by atoms with van der Waals surface area (Å²) in [6, 6.07) is 4.94. The second kappa shape index (κ2) is 4.79. The highest BCUT2D eigenvalue weighted by atomic mass is 16.7. The highest BCUT2D eigenvalue weighted by Crippen LogP contribution is 2.33. The van der Waals surface area contributed by atoms with Gasteiger partial charge in [-0.1, -0.05) is 6.07 Å². The Kier molecular flexibility index (Phi) is 2.98. The van der Waals surface area contributed by atoms with Gasteiger partial charge in [-0.15, -0.1) is 0 Å². The van der Waals surface area contributed by atoms with E-state index in [9.17, 15) is 10.1 Å². The summed E-state index contributed by atoms with van der Waals surface area (Å²) in [7, 11) is 0. The Labute approximate surface area is 108 Å². The molecule has 1 aromatic heterocycles. The van der Waals surface area contributed by atoms with Gasteiger partial charge in [-0.2, -0.15) is 5.10 Å². The minimum Gasteiger partial charge on any atom is -0.346 e. The molecule has 1 fully saturated rings. The number of aromatic amines is 1. The average Bonchev–Trinajstić information content (AvgIpc) is 3.11. The number of aromatic nitrogens is 2. The maximum Gasteiger partial charge on any atom is 0.277 e. The zero-order valence-electron chi connectivity index (χ0n) is 9.91. The van der Waals surface area contributed by atoms with Gasteiger partial charge < -0.3 is 9.47 Å². The Balaban J connectivity index is 2.04. The molecule has 7 nitrogen and oxygen atoms in total. The number of nitrogens with zero attached hydrogens (tertiary/aromatic N) is 2. The number of nitro benzene ring substituents is 1. The molecule has 0 aliphatic carbocycles. The van der Waals surface area contributed by atoms with E-state index in [1.165, 1.54) is 6.07 Å². The Hall–Kier alpha value is -2.25. The van der Waals surface area contributed by atoms with Crippen LogP contribution in [0.3, 0.4) is 0 Å². The van der Waals surface area contributed by atoms with Gasteiger partial charge in [-0.05, 0) is 6.07 Å². The summed E-state index contributed by atoms with van der Waals surface area (Å²) >= 11 is 0. The molecule has 0 spiro atoms. The number of rotatable bonds is 3. The quantitative estimate of drug-likeness (QED) is 0.674. The number of ether oxygens (including phenoxy) is 2. The summed E-state index contributed by atoms with van der Waals surface area (Å²) in [5.41, 5.74) is 1.85. The first-order valence-electron chi connectivity index (χ1n) is 5.76. The van der Waals surface area contributed by atoms with Gasteiger partial charge >= 0.3 is 0 Å². The maximum absolute atomic E-state index is 11.2. The van der Waals surface area contributed by atoms with E-state index < -0.39 is 11.2 Å². The van der Waals surface area contributed by atoms with Crippen LogP contribution in [0.5, 0.6) is 0 Å². The molecule has 1 N–H and O–H groups in total. The van der Waals surface area contributed by atoms with Crippen molar-refractivity contribution in [1.29, 1.82) is 0 Å². The molecule has 2 aromatic rings. The number of hydrogen-bond acceptors (Lipinski definition) is 5. The first-order valence-corrected chi connectivity index (χ1v) is 5.76. The van der Waals surface area contributed by atoms with Gasteiger partial charge in [0.15, 0.2) is 6.29 Å². The minimum absolute atomic E-state index is 0.0120. The van der Waals surface area contributed by atoms with Crippen molar-refractivity contribution >= 4 is 5.69 Å². The third-order valence-corrected chi connectivity index (χ3v) is 2.92. The molecule has 0 atom stereocenters. The second-order valence-electron chi connectivity index (χ2n) is 4.09. The summed E-state index contributed by atoms with van der Waals surface area (Å²) in [6.45, 7) is 1.00. The molecule has 1 aliphatic rings. The fourth-order valence-electron chi connectivity index (χ4n) is 2.04. The van der Waals surface area contributed by atoms with Gasteiger partial charge in [0.2, 0.25) is 0 Å². The molecule has 0 bridgehead atoms. The standard InChI is InChI=1S/C12H11N3O4/c16-15(17)11-5-8(12-18-3-4-19-12)1-2-10(11)9-6-13-14-7-9/h1-2,5-7,12H,3-4H2,(H,13,14). The van der Waals surface area contributed by atoms with Gasteiger partial charge in [0.05, 0.1) is 29.9 Å². The lowest BCUT2D eigenvalue weighted by molar-refractivity contribution is -0.384. The predicted molar refractivity (Wildman–Crippen MR) is 65.3 cm³/mol. The van der Waals surface area contributed by atoms with Crippen molar-refractivity contribution in [2.24, 2.45) is 0 Å². The molecule has 1 aliphatic heterocycles. The van der Waals surface area contributed by atoms with Crippen molar-refractivity contribution < 1.29 is 14.4 Å². The number of hydrogen-bond donors (Lipinski definition) is 1. The Morgan fingerprint density at radius 3 is 2.79 bits per heavy atom. The van der Waals surface area contributed by atoms with Crippen LogP contribution in [0.1, 0.15) is 11.9 Å². The normalized spacial score (nSPS) is 15.8. The van der Waals surface area contributed by atoms with Crippen LogP contribution in [-0.4, -0.2) is 28.3 Å². The van der Waals surface area contributed by atoms with Crippen molar-refractivity contribution in [2.75, 3.05) is 13.2 Å². The first-order chi connectivity index (χ1) is 9.25. The van der Waals surface area contributed by atoms with Crippen LogP contribution in [0.2, 0.25) is 0 Å². The van der Waals surface area contributed by atoms with Crippen LogP contribution in [0.4, 0.5) is 5.69 Å². The zero-order chi connectivity index (χ0) is 13.2. The molecular formula is C12H11N3O4. The smallest absolute Gasteiger partial charge is 0.277 e. The van der Waals surface area contributed by atoms with E-state index >= 15 is 0 Å². The number of nitro groups is 1. The summed E-state index contributed by atoms with van der Waals surface area (Å²) in [5.74, 6) is 0. The first kappa shape index (κ1) is 11.8. The third-order valence-electron chi connectivity index (χ3n) is 2.92. The van der Waals surface area contributed by atoms with Gasteiger partial charge in [0.1, 0.15) is 0 Å². The van der Waals surface area contributed by atoms with E-state index in [0.29, 0.717) is 29.9 Å². The summed E-state index contributed by atoms with van der Waals surface area (Å²) in [4.78, 5) is 10.8. The molecule has 7 heteroatoms. The lowest BCUT2D eigenvalue weighted by atomic mass is 10.0. The molecule has 1 aromatic carbocycles. The van der Waals surface area contributed by atoms with Crippen LogP contribution >= 0.6 is 0 Å². The molecule has 0 saturated carbocycles. The Morgan fingerprint density at radius 2 is 2.16 bits per heavy atom. The lowest BCUT2D eigenvalue weighted by Crippen LogP contribution is -2.00. The molecule has 2 heterocycles. The topological polar surface area (TPSA) is 90.3 Å². The van der Waals surface area contributed by atoms with Gasteiger partial charge in [-0.3, -0.25) is 15.2 Å². The highest BCUT2D eigenvalue weighted by Gasteiger charge is 2.23. The van der Waals surface area contributed by atoms with Crippen LogP contribution in [0, 0.1) is 10.1 Å². The van der Waals surface area contributed by atoms with Crippen LogP contribution in [-0.2, 0) is 9.47 Å². The number of nitrogens with one attached hydrogen (secondary N) is 1. The fourth-order valence-corrected chi connectivity index (χ4v) is 2.04. The van der Waals surface area contributed by atoms with Crippen molar-refractivity contribution in [1.82, 2.24) is 10.2 Å². The third kappa shape index (κ3) is 2.20. The molecule has 0 unspecified atom stereocenters. The fraction of sp³-hybridized carbons (Fsp3) is 0.250.